The zero-order valence-electron chi connectivity index (χ0n) is 19.3. The molecule has 0 atom stereocenters. The average Bonchev–Trinajstić information content (AvgIpc) is 3.12. The van der Waals surface area contributed by atoms with Gasteiger partial charge in [0.15, 0.2) is 11.5 Å². The summed E-state index contributed by atoms with van der Waals surface area (Å²) in [6.45, 7) is -0.310. The van der Waals surface area contributed by atoms with E-state index < -0.39 is 29.4 Å². The van der Waals surface area contributed by atoms with Crippen molar-refractivity contribution in [2.75, 3.05) is 19.0 Å². The Morgan fingerprint density at radius 3 is 2.35 bits per heavy atom. The minimum atomic E-state index is -0.615. The van der Waals surface area contributed by atoms with Crippen LogP contribution >= 0.6 is 27.7 Å². The largest absolute Gasteiger partial charge is 0.493 e. The minimum absolute atomic E-state index is 0.133. The summed E-state index contributed by atoms with van der Waals surface area (Å²) in [4.78, 5) is 38.5. The number of carbonyl (C=O) groups is 3. The molecule has 3 amide bonds. The van der Waals surface area contributed by atoms with E-state index in [1.807, 2.05) is 0 Å². The zero-order chi connectivity index (χ0) is 26.5. The maximum absolute atomic E-state index is 13.1. The van der Waals surface area contributed by atoms with Crippen molar-refractivity contribution in [1.82, 2.24) is 4.90 Å². The number of hydrogen-bond acceptors (Lipinski definition) is 6. The number of imide groups is 1. The summed E-state index contributed by atoms with van der Waals surface area (Å²) >= 11 is 4.15. The van der Waals surface area contributed by atoms with E-state index in [-0.39, 0.29) is 17.3 Å². The van der Waals surface area contributed by atoms with Crippen LogP contribution in [0.1, 0.15) is 11.1 Å². The fourth-order valence-electron chi connectivity index (χ4n) is 3.36. The molecule has 0 aromatic heterocycles. The molecule has 0 unspecified atom stereocenters. The van der Waals surface area contributed by atoms with Crippen LogP contribution in [0.2, 0.25) is 0 Å². The highest BCUT2D eigenvalue weighted by Gasteiger charge is 2.36. The fraction of sp³-hybridized carbons (Fsp3) is 0.115. The maximum Gasteiger partial charge on any atom is 0.294 e. The summed E-state index contributed by atoms with van der Waals surface area (Å²) in [7, 11) is 1.46. The topological polar surface area (TPSA) is 84.9 Å². The molecule has 1 aliphatic heterocycles. The minimum Gasteiger partial charge on any atom is -0.493 e. The lowest BCUT2D eigenvalue weighted by atomic mass is 10.1. The standard InChI is InChI=1S/C26H19BrF2N2O5S/c1-35-21-11-16(10-20(27)24(21)36-14-15-2-4-17(28)5-3-15)12-22-25(33)31(26(34)37-22)13-23(32)30-19-8-6-18(29)7-9-19/h2-12H,13-14H2,1H3,(H,30,32)/b22-12-. The van der Waals surface area contributed by atoms with E-state index in [9.17, 15) is 23.2 Å². The maximum atomic E-state index is 13.1. The molecule has 1 saturated heterocycles. The van der Waals surface area contributed by atoms with Crippen LogP contribution in [-0.2, 0) is 16.2 Å². The van der Waals surface area contributed by atoms with Crippen molar-refractivity contribution in [2.24, 2.45) is 0 Å². The van der Waals surface area contributed by atoms with Crippen LogP contribution in [-0.4, -0.2) is 35.6 Å². The highest BCUT2D eigenvalue weighted by Crippen LogP contribution is 2.39. The number of hydrogen-bond donors (Lipinski definition) is 1. The van der Waals surface area contributed by atoms with E-state index in [2.05, 4.69) is 21.2 Å². The molecule has 37 heavy (non-hydrogen) atoms. The third-order valence-electron chi connectivity index (χ3n) is 5.15. The van der Waals surface area contributed by atoms with Gasteiger partial charge in [-0.15, -0.1) is 0 Å². The van der Waals surface area contributed by atoms with Gasteiger partial charge in [-0.2, -0.15) is 0 Å². The van der Waals surface area contributed by atoms with Crippen molar-refractivity contribution < 1.29 is 32.6 Å². The summed E-state index contributed by atoms with van der Waals surface area (Å²) in [5, 5.41) is 1.93. The second-order valence-corrected chi connectivity index (χ2v) is 9.62. The zero-order valence-corrected chi connectivity index (χ0v) is 21.7. The second kappa shape index (κ2) is 11.6. The number of nitrogens with one attached hydrogen (secondary N) is 1. The molecule has 190 valence electrons. The predicted molar refractivity (Wildman–Crippen MR) is 139 cm³/mol. The molecule has 11 heteroatoms. The predicted octanol–water partition coefficient (Wildman–Crippen LogP) is 5.99. The van der Waals surface area contributed by atoms with Crippen molar-refractivity contribution in [3.63, 3.8) is 0 Å². The number of nitrogens with zero attached hydrogens (tertiary/aromatic N) is 1. The smallest absolute Gasteiger partial charge is 0.294 e. The van der Waals surface area contributed by atoms with E-state index in [1.54, 1.807) is 24.3 Å². The first-order valence-electron chi connectivity index (χ1n) is 10.8. The van der Waals surface area contributed by atoms with Crippen molar-refractivity contribution >= 4 is 56.5 Å². The molecule has 4 rings (SSSR count). The number of benzene rings is 3. The number of rotatable bonds is 8. The average molecular weight is 589 g/mol. The van der Waals surface area contributed by atoms with E-state index >= 15 is 0 Å². The number of anilines is 1. The summed E-state index contributed by atoms with van der Waals surface area (Å²) in [5.74, 6) is -1.22. The first-order chi connectivity index (χ1) is 17.7. The van der Waals surface area contributed by atoms with Crippen LogP contribution in [0.4, 0.5) is 19.3 Å². The van der Waals surface area contributed by atoms with Gasteiger partial charge < -0.3 is 14.8 Å². The summed E-state index contributed by atoms with van der Waals surface area (Å²) in [5.41, 5.74) is 1.66. The molecule has 0 spiro atoms. The Labute approximate surface area is 223 Å². The van der Waals surface area contributed by atoms with Gasteiger partial charge in [-0.1, -0.05) is 12.1 Å². The van der Waals surface area contributed by atoms with E-state index in [1.165, 1.54) is 49.6 Å². The number of methoxy groups -OCH3 is 1. The molecule has 0 bridgehead atoms. The molecule has 1 fully saturated rings. The Balaban J connectivity index is 1.46. The van der Waals surface area contributed by atoms with Crippen LogP contribution < -0.4 is 14.8 Å². The molecule has 0 aliphatic carbocycles. The van der Waals surface area contributed by atoms with Gasteiger partial charge >= 0.3 is 0 Å². The number of ether oxygens (including phenoxy) is 2. The molecular formula is C26H19BrF2N2O5S. The molecular weight excluding hydrogens is 570 g/mol. The molecule has 0 saturated carbocycles. The molecule has 1 aliphatic rings. The third kappa shape index (κ3) is 6.55. The van der Waals surface area contributed by atoms with Gasteiger partial charge in [-0.25, -0.2) is 8.78 Å². The van der Waals surface area contributed by atoms with Gasteiger partial charge in [-0.3, -0.25) is 19.3 Å². The molecule has 0 radical (unpaired) electrons. The Bertz CT molecular complexity index is 1380. The molecule has 1 N–H and O–H groups in total. The summed E-state index contributed by atoms with van der Waals surface area (Å²) < 4.78 is 38.0. The quantitative estimate of drug-likeness (QED) is 0.325. The van der Waals surface area contributed by atoms with Gasteiger partial charge in [0.2, 0.25) is 5.91 Å². The van der Waals surface area contributed by atoms with E-state index in [0.29, 0.717) is 39.0 Å². The Morgan fingerprint density at radius 1 is 1.05 bits per heavy atom. The number of thioether (sulfide) groups is 1. The lowest BCUT2D eigenvalue weighted by molar-refractivity contribution is -0.127. The SMILES string of the molecule is COc1cc(/C=C2\SC(=O)N(CC(=O)Nc3ccc(F)cc3)C2=O)cc(Br)c1OCc1ccc(F)cc1. The highest BCUT2D eigenvalue weighted by molar-refractivity contribution is 9.10. The third-order valence-corrected chi connectivity index (χ3v) is 6.65. The Morgan fingerprint density at radius 2 is 1.70 bits per heavy atom. The van der Waals surface area contributed by atoms with Gasteiger partial charge in [0.1, 0.15) is 24.8 Å². The number of halogens is 3. The normalized spacial score (nSPS) is 14.3. The Kier molecular flexibility index (Phi) is 8.24. The summed E-state index contributed by atoms with van der Waals surface area (Å²) in [6, 6.07) is 14.4. The first-order valence-corrected chi connectivity index (χ1v) is 12.4. The molecule has 3 aromatic carbocycles. The molecule has 1 heterocycles. The van der Waals surface area contributed by atoms with Crippen LogP contribution in [0.25, 0.3) is 6.08 Å². The number of amides is 3. The van der Waals surface area contributed by atoms with Crippen molar-refractivity contribution in [1.29, 1.82) is 0 Å². The lowest BCUT2D eigenvalue weighted by Gasteiger charge is -2.14. The van der Waals surface area contributed by atoms with Crippen molar-refractivity contribution in [3.8, 4) is 11.5 Å². The van der Waals surface area contributed by atoms with E-state index in [0.717, 1.165) is 10.5 Å². The second-order valence-electron chi connectivity index (χ2n) is 7.77. The molecule has 3 aromatic rings. The van der Waals surface area contributed by atoms with E-state index in [4.69, 9.17) is 9.47 Å². The van der Waals surface area contributed by atoms with Crippen molar-refractivity contribution in [3.05, 3.63) is 92.8 Å². The van der Waals surface area contributed by atoms with Crippen LogP contribution in [0.5, 0.6) is 11.5 Å². The summed E-state index contributed by atoms with van der Waals surface area (Å²) in [6.07, 6.45) is 1.51. The van der Waals surface area contributed by atoms with Crippen LogP contribution in [0.3, 0.4) is 0 Å². The number of carbonyl (C=O) groups excluding carboxylic acids is 3. The van der Waals surface area contributed by atoms with Gasteiger partial charge in [0.05, 0.1) is 16.5 Å². The lowest BCUT2D eigenvalue weighted by Crippen LogP contribution is -2.36. The first kappa shape index (κ1) is 26.4. The van der Waals surface area contributed by atoms with Gasteiger partial charge in [-0.05, 0) is 93.4 Å². The van der Waals surface area contributed by atoms with Crippen LogP contribution in [0.15, 0.2) is 70.0 Å². The fourth-order valence-corrected chi connectivity index (χ4v) is 4.78. The Hall–Kier alpha value is -3.70. The molecule has 7 nitrogen and oxygen atoms in total. The van der Waals surface area contributed by atoms with Gasteiger partial charge in [0.25, 0.3) is 11.1 Å². The van der Waals surface area contributed by atoms with Crippen molar-refractivity contribution in [2.45, 2.75) is 6.61 Å². The highest BCUT2D eigenvalue weighted by atomic mass is 79.9. The monoisotopic (exact) mass is 588 g/mol. The van der Waals surface area contributed by atoms with Crippen LogP contribution in [0, 0.1) is 11.6 Å². The van der Waals surface area contributed by atoms with Gasteiger partial charge in [0, 0.05) is 5.69 Å².